The van der Waals surface area contributed by atoms with Crippen molar-refractivity contribution >= 4 is 65.8 Å². The van der Waals surface area contributed by atoms with Gasteiger partial charge in [0.1, 0.15) is 36.3 Å². The van der Waals surface area contributed by atoms with Gasteiger partial charge in [-0.1, -0.05) is 0 Å². The lowest BCUT2D eigenvalue weighted by Crippen LogP contribution is -2.59. The number of aliphatic imine (C=N–C) groups is 1. The minimum atomic E-state index is -1.54. The molecule has 0 bridgehead atoms. The van der Waals surface area contributed by atoms with Gasteiger partial charge in [-0.15, -0.1) is 0 Å². The van der Waals surface area contributed by atoms with Crippen molar-refractivity contribution in [3.05, 3.63) is 0 Å². The van der Waals surface area contributed by atoms with Gasteiger partial charge in [-0.2, -0.15) is 12.6 Å². The average molecular weight is 731 g/mol. The number of rotatable bonds is 10. The first-order valence-electron chi connectivity index (χ1n) is 16.0. The van der Waals surface area contributed by atoms with Crippen LogP contribution in [0.3, 0.4) is 0 Å². The van der Waals surface area contributed by atoms with Gasteiger partial charge in [-0.05, 0) is 52.5 Å². The van der Waals surface area contributed by atoms with Gasteiger partial charge >= 0.3 is 0 Å². The molecule has 21 nitrogen and oxygen atoms in total. The fourth-order valence-corrected chi connectivity index (χ4v) is 4.61. The molecule has 1 rings (SSSR count). The molecule has 6 atom stereocenters. The molecule has 8 amide bonds. The number of nitrogens with one attached hydrogen (secondary N) is 8. The molecule has 1 aliphatic heterocycles. The summed E-state index contributed by atoms with van der Waals surface area (Å²) in [6.45, 7) is 0.950. The highest BCUT2D eigenvalue weighted by Crippen LogP contribution is 2.06. The fourth-order valence-electron chi connectivity index (χ4n) is 4.36. The predicted molar refractivity (Wildman–Crippen MR) is 183 cm³/mol. The van der Waals surface area contributed by atoms with Crippen molar-refractivity contribution in [1.29, 1.82) is 0 Å². The molecular formula is C28H50N12O9S. The lowest BCUT2D eigenvalue weighted by Gasteiger charge is -2.26. The van der Waals surface area contributed by atoms with E-state index in [0.29, 0.717) is 12.8 Å². The SMILES string of the molecule is C[C@@H]1NC(=O)CNC(=O)[C@H](C)NC(=O)[C@H](CS)NC(=O)CNC(=O)[C@H](CO)NC(=O)[C@H](CCCCN)NC(=O)[C@H](CCCN=C(N)N)NC1=O. The highest BCUT2D eigenvalue weighted by molar-refractivity contribution is 7.80. The Morgan fingerprint density at radius 1 is 0.660 bits per heavy atom. The standard InChI is InChI=1S/C28H50N12O9S/c1-14-22(44)33-10-20(42)35-15(2)23(45)38-17(7-5-9-32-28(30)31)25(47)39-16(6-3-4-8-29)26(48)40-18(12-41)24(46)34-11-21(43)37-19(13-50)27(49)36-14/h14-19,41,50H,3-13,29H2,1-2H3,(H,33,44)(H,34,46)(H,35,42)(H,36,49)(H,37,43)(H,38,45)(H,39,47)(H,40,48)(H4,30,31,32)/t14-,15-,16-,17-,18-,19-/m0/s1. The number of amides is 8. The number of nitrogens with zero attached hydrogens (tertiary/aromatic N) is 1. The molecule has 0 aromatic carbocycles. The lowest BCUT2D eigenvalue weighted by molar-refractivity contribution is -0.135. The van der Waals surface area contributed by atoms with Gasteiger partial charge in [-0.3, -0.25) is 43.3 Å². The number of carbonyl (C=O) groups excluding carboxylic acids is 8. The van der Waals surface area contributed by atoms with Crippen molar-refractivity contribution in [2.24, 2.45) is 22.2 Å². The second kappa shape index (κ2) is 22.8. The van der Waals surface area contributed by atoms with Crippen LogP contribution in [-0.2, 0) is 38.4 Å². The molecule has 0 aromatic heterocycles. The van der Waals surface area contributed by atoms with Gasteiger partial charge in [-0.25, -0.2) is 0 Å². The number of aliphatic hydroxyl groups is 1. The molecule has 0 saturated carbocycles. The Bertz CT molecular complexity index is 1250. The van der Waals surface area contributed by atoms with Gasteiger partial charge in [0.2, 0.25) is 47.3 Å². The fraction of sp³-hybridized carbons (Fsp3) is 0.679. The van der Waals surface area contributed by atoms with Crippen LogP contribution in [0.25, 0.3) is 0 Å². The van der Waals surface area contributed by atoms with Crippen LogP contribution < -0.4 is 59.7 Å². The normalized spacial score (nSPS) is 25.6. The summed E-state index contributed by atoms with van der Waals surface area (Å²) in [7, 11) is 0. The van der Waals surface area contributed by atoms with Crippen LogP contribution in [0.5, 0.6) is 0 Å². The topological polar surface area (TPSA) is 343 Å². The highest BCUT2D eigenvalue weighted by Gasteiger charge is 2.31. The monoisotopic (exact) mass is 730 g/mol. The molecule has 0 aromatic rings. The van der Waals surface area contributed by atoms with E-state index < -0.39 is 103 Å². The van der Waals surface area contributed by atoms with Gasteiger partial charge in [0.15, 0.2) is 5.96 Å². The third-order valence-corrected chi connectivity index (χ3v) is 7.54. The van der Waals surface area contributed by atoms with Crippen molar-refractivity contribution in [2.45, 2.75) is 82.2 Å². The summed E-state index contributed by atoms with van der Waals surface area (Å²) in [6.07, 6.45) is 1.15. The van der Waals surface area contributed by atoms with E-state index >= 15 is 0 Å². The van der Waals surface area contributed by atoms with Crippen LogP contribution in [0, 0.1) is 0 Å². The molecule has 50 heavy (non-hydrogen) atoms. The zero-order valence-corrected chi connectivity index (χ0v) is 29.0. The number of unbranched alkanes of at least 4 members (excludes halogenated alkanes) is 1. The Balaban J connectivity index is 3.37. The first-order valence-corrected chi connectivity index (χ1v) is 16.6. The average Bonchev–Trinajstić information content (AvgIpc) is 3.07. The largest absolute Gasteiger partial charge is 0.394 e. The summed E-state index contributed by atoms with van der Waals surface area (Å²) >= 11 is 4.05. The molecule has 0 unspecified atom stereocenters. The van der Waals surface area contributed by atoms with Crippen LogP contribution in [0.2, 0.25) is 0 Å². The Morgan fingerprint density at radius 2 is 1.16 bits per heavy atom. The molecule has 1 heterocycles. The summed E-state index contributed by atoms with van der Waals surface area (Å²) in [5, 5.41) is 29.0. The van der Waals surface area contributed by atoms with E-state index in [1.54, 1.807) is 0 Å². The van der Waals surface area contributed by atoms with Gasteiger partial charge in [0, 0.05) is 12.3 Å². The Morgan fingerprint density at radius 3 is 1.72 bits per heavy atom. The number of thiol groups is 1. The first-order chi connectivity index (χ1) is 23.6. The van der Waals surface area contributed by atoms with Crippen LogP contribution in [0.15, 0.2) is 4.99 Å². The number of carbonyl (C=O) groups is 8. The Kier molecular flexibility index (Phi) is 19.8. The van der Waals surface area contributed by atoms with E-state index in [4.69, 9.17) is 17.2 Å². The molecule has 0 spiro atoms. The van der Waals surface area contributed by atoms with Crippen LogP contribution in [0.4, 0.5) is 0 Å². The molecule has 1 aliphatic rings. The van der Waals surface area contributed by atoms with Crippen LogP contribution >= 0.6 is 12.6 Å². The molecule has 0 aliphatic carbocycles. The summed E-state index contributed by atoms with van der Waals surface area (Å²) in [4.78, 5) is 107. The molecule has 22 heteroatoms. The smallest absolute Gasteiger partial charge is 0.245 e. The number of aliphatic hydroxyl groups excluding tert-OH is 1. The zero-order chi connectivity index (χ0) is 37.8. The first kappa shape index (κ1) is 43.3. The second-order valence-corrected chi connectivity index (χ2v) is 11.7. The van der Waals surface area contributed by atoms with E-state index in [2.05, 4.69) is 60.2 Å². The number of hydrogen-bond acceptors (Lipinski definition) is 12. The highest BCUT2D eigenvalue weighted by atomic mass is 32.1. The molecular weight excluding hydrogens is 680 g/mol. The summed E-state index contributed by atoms with van der Waals surface area (Å²) in [6, 6.07) is -7.62. The summed E-state index contributed by atoms with van der Waals surface area (Å²) in [5.41, 5.74) is 16.3. The van der Waals surface area contributed by atoms with E-state index in [0.717, 1.165) is 0 Å². The molecule has 15 N–H and O–H groups in total. The number of guanidine groups is 1. The third-order valence-electron chi connectivity index (χ3n) is 7.18. The van der Waals surface area contributed by atoms with E-state index in [1.165, 1.54) is 13.8 Å². The van der Waals surface area contributed by atoms with Crippen LogP contribution in [-0.4, -0.2) is 133 Å². The van der Waals surface area contributed by atoms with Gasteiger partial charge in [0.25, 0.3) is 0 Å². The van der Waals surface area contributed by atoms with Crippen molar-refractivity contribution in [3.63, 3.8) is 0 Å². The molecule has 1 fully saturated rings. The number of hydrogen-bond donors (Lipinski definition) is 13. The predicted octanol–water partition coefficient (Wildman–Crippen LogP) is -6.71. The van der Waals surface area contributed by atoms with Gasteiger partial charge in [0.05, 0.1) is 19.7 Å². The van der Waals surface area contributed by atoms with Crippen LogP contribution in [0.1, 0.15) is 46.0 Å². The maximum absolute atomic E-state index is 13.5. The van der Waals surface area contributed by atoms with E-state index in [9.17, 15) is 43.5 Å². The quantitative estimate of drug-likeness (QED) is 0.0432. The molecule has 282 valence electrons. The zero-order valence-electron chi connectivity index (χ0n) is 28.1. The number of nitrogens with two attached hydrogens (primary N) is 3. The van der Waals surface area contributed by atoms with E-state index in [-0.39, 0.29) is 44.1 Å². The van der Waals surface area contributed by atoms with Crippen molar-refractivity contribution in [3.8, 4) is 0 Å². The minimum absolute atomic E-state index is 0.00361. The maximum Gasteiger partial charge on any atom is 0.245 e. The Hall–Kier alpha value is -4.70. The van der Waals surface area contributed by atoms with Crippen molar-refractivity contribution in [2.75, 3.05) is 38.5 Å². The molecule has 0 radical (unpaired) electrons. The minimum Gasteiger partial charge on any atom is -0.394 e. The Labute approximate surface area is 294 Å². The van der Waals surface area contributed by atoms with Gasteiger partial charge < -0.3 is 64.8 Å². The summed E-state index contributed by atoms with van der Waals surface area (Å²) in [5.74, 6) is -6.87. The van der Waals surface area contributed by atoms with E-state index in [1.807, 2.05) is 0 Å². The summed E-state index contributed by atoms with van der Waals surface area (Å²) < 4.78 is 0. The lowest BCUT2D eigenvalue weighted by atomic mass is 10.1. The van der Waals surface area contributed by atoms with Crippen molar-refractivity contribution < 1.29 is 43.5 Å². The second-order valence-electron chi connectivity index (χ2n) is 11.4. The maximum atomic E-state index is 13.5. The van der Waals surface area contributed by atoms with Crippen molar-refractivity contribution in [1.82, 2.24) is 42.5 Å². The third kappa shape index (κ3) is 16.1. The molecule has 1 saturated heterocycles.